The van der Waals surface area contributed by atoms with Gasteiger partial charge in [0.15, 0.2) is 5.69 Å². The molecule has 3 aliphatic rings. The van der Waals surface area contributed by atoms with Gasteiger partial charge in [0.25, 0.3) is 5.91 Å². The Hall–Kier alpha value is -1.44. The molecule has 1 N–H and O–H groups in total. The third-order valence-corrected chi connectivity index (χ3v) is 5.96. The van der Waals surface area contributed by atoms with E-state index >= 15 is 0 Å². The number of hydrogen-bond acceptors (Lipinski definition) is 5. The minimum absolute atomic E-state index is 0.0289. The molecular formula is C19H30N4O3. The van der Waals surface area contributed by atoms with Crippen LogP contribution < -0.4 is 0 Å². The number of hydrogen-bond donors (Lipinski definition) is 1. The van der Waals surface area contributed by atoms with Crippen LogP contribution in [0, 0.1) is 0 Å². The first-order chi connectivity index (χ1) is 12.6. The highest BCUT2D eigenvalue weighted by atomic mass is 16.5. The van der Waals surface area contributed by atoms with Crippen LogP contribution in [0.3, 0.4) is 0 Å². The Balaban J connectivity index is 1.40. The van der Waals surface area contributed by atoms with Gasteiger partial charge < -0.3 is 14.4 Å². The zero-order valence-electron chi connectivity index (χ0n) is 15.9. The Bertz CT molecular complexity index is 631. The van der Waals surface area contributed by atoms with Crippen molar-refractivity contribution in [3.8, 4) is 0 Å². The van der Waals surface area contributed by atoms with E-state index in [1.165, 1.54) is 0 Å². The molecule has 0 aliphatic carbocycles. The second kappa shape index (κ2) is 7.66. The Morgan fingerprint density at radius 3 is 2.77 bits per heavy atom. The summed E-state index contributed by atoms with van der Waals surface area (Å²) >= 11 is 0. The molecular weight excluding hydrogens is 332 g/mol. The number of fused-ring (bicyclic) bond motifs is 1. The molecule has 0 aromatic carbocycles. The van der Waals surface area contributed by atoms with Gasteiger partial charge in [-0.3, -0.25) is 14.8 Å². The number of piperidine rings is 1. The molecule has 7 heteroatoms. The number of ether oxygens (including phenoxy) is 2. The first-order valence-electron chi connectivity index (χ1n) is 9.97. The van der Waals surface area contributed by atoms with Crippen LogP contribution >= 0.6 is 0 Å². The molecule has 7 nitrogen and oxygen atoms in total. The van der Waals surface area contributed by atoms with Crippen molar-refractivity contribution in [2.75, 3.05) is 39.4 Å². The number of likely N-dealkylation sites (tertiary alicyclic amines) is 1. The first-order valence-corrected chi connectivity index (χ1v) is 9.97. The van der Waals surface area contributed by atoms with E-state index in [0.29, 0.717) is 11.7 Å². The molecule has 0 radical (unpaired) electrons. The summed E-state index contributed by atoms with van der Waals surface area (Å²) in [6.07, 6.45) is 4.03. The Morgan fingerprint density at radius 2 is 1.96 bits per heavy atom. The number of carbonyl (C=O) groups excluding carboxylic acids is 1. The average Bonchev–Trinajstić information content (AvgIpc) is 2.88. The van der Waals surface area contributed by atoms with E-state index in [4.69, 9.17) is 9.47 Å². The summed E-state index contributed by atoms with van der Waals surface area (Å²) in [5, 5.41) is 7.40. The van der Waals surface area contributed by atoms with Gasteiger partial charge in [0.2, 0.25) is 0 Å². The summed E-state index contributed by atoms with van der Waals surface area (Å²) in [5.41, 5.74) is 2.61. The zero-order chi connectivity index (χ0) is 18.1. The molecule has 1 aromatic rings. The van der Waals surface area contributed by atoms with Gasteiger partial charge in [0.1, 0.15) is 0 Å². The highest BCUT2D eigenvalue weighted by Crippen LogP contribution is 2.31. The van der Waals surface area contributed by atoms with Gasteiger partial charge in [-0.05, 0) is 33.1 Å². The molecule has 144 valence electrons. The smallest absolute Gasteiger partial charge is 0.274 e. The van der Waals surface area contributed by atoms with Crippen LogP contribution in [0.2, 0.25) is 0 Å². The van der Waals surface area contributed by atoms with Crippen LogP contribution in [0.1, 0.15) is 61.0 Å². The maximum absolute atomic E-state index is 13.1. The van der Waals surface area contributed by atoms with Gasteiger partial charge in [-0.2, -0.15) is 5.10 Å². The summed E-state index contributed by atoms with van der Waals surface area (Å²) in [4.78, 5) is 17.6. The van der Waals surface area contributed by atoms with E-state index < -0.39 is 0 Å². The minimum atomic E-state index is -0.0289. The van der Waals surface area contributed by atoms with Gasteiger partial charge in [-0.15, -0.1) is 0 Å². The van der Waals surface area contributed by atoms with Crippen molar-refractivity contribution >= 4 is 5.91 Å². The van der Waals surface area contributed by atoms with E-state index in [-0.39, 0.29) is 18.1 Å². The van der Waals surface area contributed by atoms with Crippen LogP contribution in [-0.4, -0.2) is 77.4 Å². The van der Waals surface area contributed by atoms with Gasteiger partial charge in [0, 0.05) is 50.8 Å². The third-order valence-electron chi connectivity index (χ3n) is 5.96. The fraction of sp³-hybridized carbons (Fsp3) is 0.789. The van der Waals surface area contributed by atoms with Crippen LogP contribution in [0.15, 0.2) is 0 Å². The highest BCUT2D eigenvalue weighted by Gasteiger charge is 2.33. The summed E-state index contributed by atoms with van der Waals surface area (Å²) in [5.74, 6) is 0.0708. The fourth-order valence-corrected chi connectivity index (χ4v) is 4.56. The van der Waals surface area contributed by atoms with Crippen molar-refractivity contribution in [3.63, 3.8) is 0 Å². The fourth-order valence-electron chi connectivity index (χ4n) is 4.56. The normalized spacial score (nSPS) is 28.6. The topological polar surface area (TPSA) is 70.7 Å². The van der Waals surface area contributed by atoms with Gasteiger partial charge >= 0.3 is 0 Å². The SMILES string of the molecule is C[C@@H]1Cc2c(C(=O)N3CCC(N4CCCOCC4)CC3)n[nH]c2[C@H](C)O1. The number of carbonyl (C=O) groups is 1. The molecule has 4 heterocycles. The first kappa shape index (κ1) is 17.9. The summed E-state index contributed by atoms with van der Waals surface area (Å²) < 4.78 is 11.4. The van der Waals surface area contributed by atoms with Crippen molar-refractivity contribution in [3.05, 3.63) is 17.0 Å². The summed E-state index contributed by atoms with van der Waals surface area (Å²) in [6, 6.07) is 0.572. The van der Waals surface area contributed by atoms with Crippen LogP contribution in [0.25, 0.3) is 0 Å². The lowest BCUT2D eigenvalue weighted by Crippen LogP contribution is -2.47. The van der Waals surface area contributed by atoms with Gasteiger partial charge in [0.05, 0.1) is 24.5 Å². The predicted molar refractivity (Wildman–Crippen MR) is 97.2 cm³/mol. The molecule has 4 rings (SSSR count). The zero-order valence-corrected chi connectivity index (χ0v) is 15.9. The number of nitrogens with zero attached hydrogens (tertiary/aromatic N) is 3. The second-order valence-electron chi connectivity index (χ2n) is 7.78. The molecule has 26 heavy (non-hydrogen) atoms. The third kappa shape index (κ3) is 3.52. The second-order valence-corrected chi connectivity index (χ2v) is 7.78. The molecule has 2 fully saturated rings. The largest absolute Gasteiger partial charge is 0.380 e. The van der Waals surface area contributed by atoms with Crippen molar-refractivity contribution < 1.29 is 14.3 Å². The molecule has 2 atom stereocenters. The molecule has 0 spiro atoms. The Morgan fingerprint density at radius 1 is 1.15 bits per heavy atom. The predicted octanol–water partition coefficient (Wildman–Crippen LogP) is 1.76. The van der Waals surface area contributed by atoms with Crippen LogP contribution in [0.5, 0.6) is 0 Å². The number of aromatic amines is 1. The number of nitrogens with one attached hydrogen (secondary N) is 1. The number of rotatable bonds is 2. The molecule has 0 bridgehead atoms. The van der Waals surface area contributed by atoms with Crippen molar-refractivity contribution in [2.45, 2.75) is 57.8 Å². The molecule has 2 saturated heterocycles. The average molecular weight is 362 g/mol. The molecule has 3 aliphatic heterocycles. The van der Waals surface area contributed by atoms with E-state index in [1.807, 2.05) is 11.8 Å². The molecule has 0 saturated carbocycles. The molecule has 1 aromatic heterocycles. The maximum atomic E-state index is 13.1. The molecule has 1 amide bonds. The lowest BCUT2D eigenvalue weighted by molar-refractivity contribution is -0.00704. The maximum Gasteiger partial charge on any atom is 0.274 e. The Kier molecular flexibility index (Phi) is 5.29. The summed E-state index contributed by atoms with van der Waals surface area (Å²) in [7, 11) is 0. The monoisotopic (exact) mass is 362 g/mol. The highest BCUT2D eigenvalue weighted by molar-refractivity contribution is 5.94. The quantitative estimate of drug-likeness (QED) is 0.868. The Labute approximate surface area is 155 Å². The van der Waals surface area contributed by atoms with Crippen molar-refractivity contribution in [1.82, 2.24) is 20.0 Å². The number of amides is 1. The van der Waals surface area contributed by atoms with Gasteiger partial charge in [-0.1, -0.05) is 0 Å². The van der Waals surface area contributed by atoms with Gasteiger partial charge in [-0.25, -0.2) is 0 Å². The molecule has 0 unspecified atom stereocenters. The lowest BCUT2D eigenvalue weighted by Gasteiger charge is -2.38. The minimum Gasteiger partial charge on any atom is -0.380 e. The lowest BCUT2D eigenvalue weighted by atomic mass is 9.98. The number of H-pyrrole nitrogens is 1. The van der Waals surface area contributed by atoms with Crippen molar-refractivity contribution in [2.24, 2.45) is 0 Å². The van der Waals surface area contributed by atoms with Crippen LogP contribution in [0.4, 0.5) is 0 Å². The van der Waals surface area contributed by atoms with E-state index in [2.05, 4.69) is 22.0 Å². The van der Waals surface area contributed by atoms with E-state index in [9.17, 15) is 4.79 Å². The van der Waals surface area contributed by atoms with E-state index in [1.54, 1.807) is 0 Å². The summed E-state index contributed by atoms with van der Waals surface area (Å²) in [6.45, 7) is 9.51. The van der Waals surface area contributed by atoms with Crippen molar-refractivity contribution in [1.29, 1.82) is 0 Å². The van der Waals surface area contributed by atoms with Crippen LogP contribution in [-0.2, 0) is 15.9 Å². The van der Waals surface area contributed by atoms with E-state index in [0.717, 1.165) is 76.3 Å². The number of aromatic nitrogens is 2. The standard InChI is InChI=1S/C19H30N4O3/c1-13-12-16-17(14(2)26-13)20-21-18(16)19(24)23-7-4-15(5-8-23)22-6-3-10-25-11-9-22/h13-15H,3-12H2,1-2H3,(H,20,21)/t13-,14+/m1/s1.